The van der Waals surface area contributed by atoms with Crippen molar-refractivity contribution in [2.24, 2.45) is 0 Å². The van der Waals surface area contributed by atoms with Gasteiger partial charge in [-0.2, -0.15) is 0 Å². The van der Waals surface area contributed by atoms with Gasteiger partial charge in [0.1, 0.15) is 17.4 Å². The van der Waals surface area contributed by atoms with Crippen molar-refractivity contribution in [2.45, 2.75) is 39.0 Å². The molecule has 1 aromatic carbocycles. The van der Waals surface area contributed by atoms with Crippen molar-refractivity contribution < 1.29 is 9.53 Å². The molecule has 1 N–H and O–H groups in total. The van der Waals surface area contributed by atoms with E-state index in [1.54, 1.807) is 0 Å². The number of aryl methyl sites for hydroxylation is 1. The number of fused-ring (bicyclic) bond motifs is 1. The van der Waals surface area contributed by atoms with Gasteiger partial charge in [0.25, 0.3) is 5.56 Å². The number of carbonyl (C=O) groups excluding carboxylic acids is 1. The van der Waals surface area contributed by atoms with Gasteiger partial charge in [-0.25, -0.2) is 8.96 Å². The van der Waals surface area contributed by atoms with Gasteiger partial charge in [-0.15, -0.1) is 0 Å². The van der Waals surface area contributed by atoms with Gasteiger partial charge in [-0.3, -0.25) is 9.59 Å². The third-order valence-corrected chi connectivity index (χ3v) is 4.64. The molecular formula is C18H21N3O3S. The molecule has 1 aliphatic rings. The van der Waals surface area contributed by atoms with Gasteiger partial charge in [0.05, 0.1) is 12.2 Å². The fourth-order valence-electron chi connectivity index (χ4n) is 3.08. The van der Waals surface area contributed by atoms with Crippen LogP contribution < -0.4 is 15.6 Å². The minimum absolute atomic E-state index is 0.141. The standard InChI is InChI=1S/C18H21N3O3S/c1-3-5-14-19-17-16(18(23)21(14)25)13(10-15(22)20-17)11-6-8-12(9-7-11)24-4-2/h6-9,13,25H,3-5,10H2,1-2H3,(H,20,22). The molecule has 0 bridgehead atoms. The van der Waals surface area contributed by atoms with E-state index >= 15 is 0 Å². The van der Waals surface area contributed by atoms with Gasteiger partial charge in [-0.1, -0.05) is 31.9 Å². The molecule has 1 aliphatic heterocycles. The average Bonchev–Trinajstić information content (AvgIpc) is 2.60. The van der Waals surface area contributed by atoms with Gasteiger partial charge in [-0.05, 0) is 31.0 Å². The second-order valence-corrected chi connectivity index (χ2v) is 6.36. The van der Waals surface area contributed by atoms with Gasteiger partial charge >= 0.3 is 0 Å². The summed E-state index contributed by atoms with van der Waals surface area (Å²) in [5.41, 5.74) is 1.14. The zero-order chi connectivity index (χ0) is 18.0. The Morgan fingerprint density at radius 2 is 2.00 bits per heavy atom. The quantitative estimate of drug-likeness (QED) is 0.805. The lowest BCUT2D eigenvalue weighted by Crippen LogP contribution is -2.34. The third kappa shape index (κ3) is 3.42. The Hall–Kier alpha value is -2.28. The van der Waals surface area contributed by atoms with Gasteiger partial charge in [0.2, 0.25) is 5.91 Å². The number of carbonyl (C=O) groups is 1. The first kappa shape index (κ1) is 17.5. The molecule has 0 spiro atoms. The van der Waals surface area contributed by atoms with Crippen LogP contribution in [0.1, 0.15) is 49.6 Å². The number of aromatic nitrogens is 2. The van der Waals surface area contributed by atoms with Crippen LogP contribution in [-0.4, -0.2) is 21.5 Å². The number of nitrogens with one attached hydrogen (secondary N) is 1. The molecule has 2 heterocycles. The van der Waals surface area contributed by atoms with Crippen LogP contribution >= 0.6 is 12.8 Å². The van der Waals surface area contributed by atoms with Crippen LogP contribution in [0.25, 0.3) is 0 Å². The monoisotopic (exact) mass is 359 g/mol. The summed E-state index contributed by atoms with van der Waals surface area (Å²) in [7, 11) is 0. The first-order chi connectivity index (χ1) is 12.0. The number of hydrogen-bond acceptors (Lipinski definition) is 5. The summed E-state index contributed by atoms with van der Waals surface area (Å²) in [5, 5.41) is 2.74. The molecule has 1 atom stereocenters. The summed E-state index contributed by atoms with van der Waals surface area (Å²) in [6.45, 7) is 4.51. The van der Waals surface area contributed by atoms with E-state index in [9.17, 15) is 9.59 Å². The lowest BCUT2D eigenvalue weighted by atomic mass is 9.87. The Morgan fingerprint density at radius 3 is 2.64 bits per heavy atom. The normalized spacial score (nSPS) is 16.3. The second-order valence-electron chi connectivity index (χ2n) is 5.96. The number of hydrogen-bond donors (Lipinski definition) is 2. The number of benzene rings is 1. The van der Waals surface area contributed by atoms with Crippen molar-refractivity contribution in [3.8, 4) is 5.75 Å². The number of anilines is 1. The predicted octanol–water partition coefficient (Wildman–Crippen LogP) is 2.76. The second kappa shape index (κ2) is 7.31. The summed E-state index contributed by atoms with van der Waals surface area (Å²) >= 11 is 4.31. The molecule has 7 heteroatoms. The highest BCUT2D eigenvalue weighted by Gasteiger charge is 2.31. The molecule has 0 aliphatic carbocycles. The molecule has 0 fully saturated rings. The maximum absolute atomic E-state index is 12.8. The van der Waals surface area contributed by atoms with Crippen LogP contribution in [0.3, 0.4) is 0 Å². The van der Waals surface area contributed by atoms with E-state index in [0.717, 1.165) is 17.7 Å². The summed E-state index contributed by atoms with van der Waals surface area (Å²) in [6.07, 6.45) is 1.66. The summed E-state index contributed by atoms with van der Waals surface area (Å²) in [6, 6.07) is 7.48. The molecule has 132 valence electrons. The highest BCUT2D eigenvalue weighted by molar-refractivity contribution is 7.78. The molecule has 0 radical (unpaired) electrons. The highest BCUT2D eigenvalue weighted by Crippen LogP contribution is 2.34. The predicted molar refractivity (Wildman–Crippen MR) is 99.6 cm³/mol. The maximum atomic E-state index is 12.8. The minimum Gasteiger partial charge on any atom is -0.494 e. The van der Waals surface area contributed by atoms with Gasteiger partial charge in [0.15, 0.2) is 0 Å². The van der Waals surface area contributed by atoms with Crippen molar-refractivity contribution in [1.82, 2.24) is 8.96 Å². The molecule has 1 aromatic heterocycles. The zero-order valence-electron chi connectivity index (χ0n) is 14.3. The number of amides is 1. The van der Waals surface area contributed by atoms with E-state index < -0.39 is 0 Å². The Labute approximate surface area is 151 Å². The third-order valence-electron chi connectivity index (χ3n) is 4.23. The summed E-state index contributed by atoms with van der Waals surface area (Å²) in [5.74, 6) is 1.19. The van der Waals surface area contributed by atoms with Crippen molar-refractivity contribution in [3.63, 3.8) is 0 Å². The fraction of sp³-hybridized carbons (Fsp3) is 0.389. The number of rotatable bonds is 5. The largest absolute Gasteiger partial charge is 0.494 e. The van der Waals surface area contributed by atoms with Crippen LogP contribution in [0.2, 0.25) is 0 Å². The number of thiol groups is 1. The Kier molecular flexibility index (Phi) is 5.13. The van der Waals surface area contributed by atoms with Crippen molar-refractivity contribution >= 4 is 24.5 Å². The number of ether oxygens (including phenoxy) is 1. The van der Waals surface area contributed by atoms with Crippen LogP contribution in [-0.2, 0) is 11.2 Å². The minimum atomic E-state index is -0.339. The Balaban J connectivity index is 2.08. The Morgan fingerprint density at radius 1 is 1.28 bits per heavy atom. The van der Waals surface area contributed by atoms with Crippen LogP contribution in [0.15, 0.2) is 29.1 Å². The molecule has 0 saturated carbocycles. The molecule has 1 amide bonds. The fourth-order valence-corrected chi connectivity index (χ4v) is 3.33. The summed E-state index contributed by atoms with van der Waals surface area (Å²) in [4.78, 5) is 29.4. The van der Waals surface area contributed by atoms with Crippen LogP contribution in [0, 0.1) is 0 Å². The van der Waals surface area contributed by atoms with Crippen LogP contribution in [0.5, 0.6) is 5.75 Å². The zero-order valence-corrected chi connectivity index (χ0v) is 15.2. The van der Waals surface area contributed by atoms with Gasteiger partial charge in [0, 0.05) is 18.8 Å². The average molecular weight is 359 g/mol. The molecule has 3 rings (SSSR count). The molecular weight excluding hydrogens is 338 g/mol. The molecule has 1 unspecified atom stereocenters. The van der Waals surface area contributed by atoms with E-state index in [1.165, 1.54) is 3.97 Å². The molecule has 2 aromatic rings. The molecule has 0 saturated heterocycles. The Bertz CT molecular complexity index is 846. The molecule has 6 nitrogen and oxygen atoms in total. The number of nitrogens with zero attached hydrogens (tertiary/aromatic N) is 2. The first-order valence-electron chi connectivity index (χ1n) is 8.42. The van der Waals surface area contributed by atoms with E-state index in [0.29, 0.717) is 30.2 Å². The van der Waals surface area contributed by atoms with Crippen molar-refractivity contribution in [1.29, 1.82) is 0 Å². The lowest BCUT2D eigenvalue weighted by molar-refractivity contribution is -0.116. The molecule has 25 heavy (non-hydrogen) atoms. The van der Waals surface area contributed by atoms with Crippen molar-refractivity contribution in [2.75, 3.05) is 11.9 Å². The van der Waals surface area contributed by atoms with Crippen molar-refractivity contribution in [3.05, 3.63) is 51.6 Å². The smallest absolute Gasteiger partial charge is 0.269 e. The van der Waals surface area contributed by atoms with E-state index in [1.807, 2.05) is 38.1 Å². The first-order valence-corrected chi connectivity index (χ1v) is 8.82. The van der Waals surface area contributed by atoms with E-state index in [-0.39, 0.29) is 23.8 Å². The maximum Gasteiger partial charge on any atom is 0.269 e. The lowest BCUT2D eigenvalue weighted by Gasteiger charge is -2.25. The van der Waals surface area contributed by atoms with E-state index in [4.69, 9.17) is 4.74 Å². The topological polar surface area (TPSA) is 73.2 Å². The SMILES string of the molecule is CCCc1nc2c(c(=O)n1S)C(c1ccc(OCC)cc1)CC(=O)N2. The van der Waals surface area contributed by atoms with E-state index in [2.05, 4.69) is 23.1 Å². The van der Waals surface area contributed by atoms with Gasteiger partial charge < -0.3 is 10.1 Å². The highest BCUT2D eigenvalue weighted by atomic mass is 32.1. The van der Waals surface area contributed by atoms with Crippen LogP contribution in [0.4, 0.5) is 5.82 Å². The summed E-state index contributed by atoms with van der Waals surface area (Å²) < 4.78 is 6.75.